The lowest BCUT2D eigenvalue weighted by molar-refractivity contribution is -0.142. The van der Waals surface area contributed by atoms with E-state index in [4.69, 9.17) is 9.72 Å². The van der Waals surface area contributed by atoms with E-state index >= 15 is 0 Å². The van der Waals surface area contributed by atoms with Gasteiger partial charge in [0.1, 0.15) is 5.82 Å². The Morgan fingerprint density at radius 1 is 1.18 bits per heavy atom. The van der Waals surface area contributed by atoms with E-state index in [1.54, 1.807) is 0 Å². The number of hydrogen-bond donors (Lipinski definition) is 0. The van der Waals surface area contributed by atoms with Gasteiger partial charge in [-0.25, -0.2) is 4.98 Å². The molecule has 1 aliphatic heterocycles. The van der Waals surface area contributed by atoms with Gasteiger partial charge in [0.2, 0.25) is 0 Å². The van der Waals surface area contributed by atoms with Gasteiger partial charge >= 0.3 is 5.97 Å². The molecule has 1 aromatic heterocycles. The van der Waals surface area contributed by atoms with Crippen molar-refractivity contribution in [2.45, 2.75) is 6.54 Å². The molecule has 0 bridgehead atoms. The molecule has 1 aliphatic rings. The van der Waals surface area contributed by atoms with Crippen LogP contribution in [0.5, 0.6) is 0 Å². The molecule has 1 aromatic carbocycles. The Morgan fingerprint density at radius 2 is 1.86 bits per heavy atom. The van der Waals surface area contributed by atoms with Crippen molar-refractivity contribution in [3.8, 4) is 0 Å². The van der Waals surface area contributed by atoms with Crippen molar-refractivity contribution < 1.29 is 9.53 Å². The number of aromatic nitrogens is 2. The Kier molecular flexibility index (Phi) is 4.40. The number of piperazine rings is 1. The lowest BCUT2D eigenvalue weighted by atomic mass is 10.3. The molecule has 6 heteroatoms. The number of imidazole rings is 1. The van der Waals surface area contributed by atoms with Crippen LogP contribution in [0.15, 0.2) is 24.3 Å². The third-order valence-corrected chi connectivity index (χ3v) is 4.29. The third kappa shape index (κ3) is 3.13. The van der Waals surface area contributed by atoms with E-state index in [9.17, 15) is 4.79 Å². The number of aryl methyl sites for hydroxylation is 1. The van der Waals surface area contributed by atoms with Crippen molar-refractivity contribution in [1.29, 1.82) is 0 Å². The van der Waals surface area contributed by atoms with Crippen LogP contribution in [-0.2, 0) is 23.1 Å². The van der Waals surface area contributed by atoms with Gasteiger partial charge in [-0.1, -0.05) is 12.1 Å². The zero-order valence-corrected chi connectivity index (χ0v) is 13.2. The number of rotatable bonds is 4. The van der Waals surface area contributed by atoms with Crippen molar-refractivity contribution in [2.75, 3.05) is 39.8 Å². The second-order valence-electron chi connectivity index (χ2n) is 5.70. The van der Waals surface area contributed by atoms with Crippen molar-refractivity contribution in [3.05, 3.63) is 30.1 Å². The molecule has 2 aromatic rings. The van der Waals surface area contributed by atoms with Gasteiger partial charge in [-0.05, 0) is 12.1 Å². The fourth-order valence-electron chi connectivity index (χ4n) is 2.89. The van der Waals surface area contributed by atoms with E-state index < -0.39 is 0 Å². The monoisotopic (exact) mass is 302 g/mol. The number of esters is 1. The number of fused-ring (bicyclic) bond motifs is 1. The summed E-state index contributed by atoms with van der Waals surface area (Å²) in [6.45, 7) is 4.90. The predicted molar refractivity (Wildman–Crippen MR) is 84.4 cm³/mol. The van der Waals surface area contributed by atoms with Gasteiger partial charge in [-0.2, -0.15) is 0 Å². The molecule has 0 N–H and O–H groups in total. The standard InChI is InChI=1S/C16H22N4O2/c1-18-14-6-4-3-5-13(14)17-15(18)11-19-7-9-20(10-8-19)12-16(21)22-2/h3-6H,7-12H2,1-2H3. The van der Waals surface area contributed by atoms with Crippen LogP contribution in [0, 0.1) is 0 Å². The van der Waals surface area contributed by atoms with E-state index in [0.29, 0.717) is 6.54 Å². The zero-order chi connectivity index (χ0) is 15.5. The molecule has 0 saturated carbocycles. The minimum absolute atomic E-state index is 0.163. The normalized spacial score (nSPS) is 17.0. The molecular weight excluding hydrogens is 280 g/mol. The second-order valence-corrected chi connectivity index (χ2v) is 5.70. The first-order valence-electron chi connectivity index (χ1n) is 7.59. The lowest BCUT2D eigenvalue weighted by Crippen LogP contribution is -2.47. The largest absolute Gasteiger partial charge is 0.468 e. The van der Waals surface area contributed by atoms with Gasteiger partial charge in [0.25, 0.3) is 0 Å². The van der Waals surface area contributed by atoms with Crippen molar-refractivity contribution in [3.63, 3.8) is 0 Å². The van der Waals surface area contributed by atoms with E-state index in [1.165, 1.54) is 12.6 Å². The summed E-state index contributed by atoms with van der Waals surface area (Å²) in [6, 6.07) is 8.21. The highest BCUT2D eigenvalue weighted by Gasteiger charge is 2.20. The Morgan fingerprint density at radius 3 is 2.55 bits per heavy atom. The zero-order valence-electron chi connectivity index (χ0n) is 13.2. The van der Waals surface area contributed by atoms with E-state index in [-0.39, 0.29) is 5.97 Å². The van der Waals surface area contributed by atoms with Gasteiger partial charge < -0.3 is 9.30 Å². The number of carbonyl (C=O) groups is 1. The van der Waals surface area contributed by atoms with Crippen LogP contribution in [0.2, 0.25) is 0 Å². The summed E-state index contributed by atoms with van der Waals surface area (Å²) in [4.78, 5) is 20.5. The number of ether oxygens (including phenoxy) is 1. The molecule has 0 radical (unpaired) electrons. The third-order valence-electron chi connectivity index (χ3n) is 4.29. The molecule has 1 saturated heterocycles. The Hall–Kier alpha value is -1.92. The van der Waals surface area contributed by atoms with Crippen LogP contribution in [0.4, 0.5) is 0 Å². The molecule has 0 aliphatic carbocycles. The quantitative estimate of drug-likeness (QED) is 0.784. The highest BCUT2D eigenvalue weighted by atomic mass is 16.5. The average Bonchev–Trinajstić information content (AvgIpc) is 2.86. The molecule has 0 unspecified atom stereocenters. The van der Waals surface area contributed by atoms with Crippen LogP contribution in [-0.4, -0.2) is 65.2 Å². The molecule has 22 heavy (non-hydrogen) atoms. The first-order valence-corrected chi connectivity index (χ1v) is 7.59. The molecule has 1 fully saturated rings. The molecule has 6 nitrogen and oxygen atoms in total. The number of hydrogen-bond acceptors (Lipinski definition) is 5. The van der Waals surface area contributed by atoms with Gasteiger partial charge in [-0.15, -0.1) is 0 Å². The van der Waals surface area contributed by atoms with Crippen LogP contribution in [0.25, 0.3) is 11.0 Å². The molecule has 0 atom stereocenters. The first-order chi connectivity index (χ1) is 10.7. The van der Waals surface area contributed by atoms with E-state index in [1.807, 2.05) is 18.2 Å². The number of benzene rings is 1. The number of carbonyl (C=O) groups excluding carboxylic acids is 1. The van der Waals surface area contributed by atoms with Gasteiger partial charge in [-0.3, -0.25) is 14.6 Å². The molecule has 0 spiro atoms. The summed E-state index contributed by atoms with van der Waals surface area (Å²) in [7, 11) is 3.50. The van der Waals surface area contributed by atoms with Crippen molar-refractivity contribution in [1.82, 2.24) is 19.4 Å². The number of para-hydroxylation sites is 2. The van der Waals surface area contributed by atoms with Crippen LogP contribution < -0.4 is 0 Å². The minimum Gasteiger partial charge on any atom is -0.468 e. The lowest BCUT2D eigenvalue weighted by Gasteiger charge is -2.33. The topological polar surface area (TPSA) is 50.6 Å². The Balaban J connectivity index is 1.60. The summed E-state index contributed by atoms with van der Waals surface area (Å²) < 4.78 is 6.88. The highest BCUT2D eigenvalue weighted by Crippen LogP contribution is 2.16. The second kappa shape index (κ2) is 6.46. The summed E-state index contributed by atoms with van der Waals surface area (Å²) in [5.41, 5.74) is 2.21. The Labute approximate surface area is 130 Å². The SMILES string of the molecule is COC(=O)CN1CCN(Cc2nc3ccccc3n2C)CC1. The van der Waals surface area contributed by atoms with Crippen LogP contribution in [0.3, 0.4) is 0 Å². The predicted octanol–water partition coefficient (Wildman–Crippen LogP) is 0.864. The molecule has 118 valence electrons. The maximum absolute atomic E-state index is 11.3. The van der Waals surface area contributed by atoms with Crippen molar-refractivity contribution >= 4 is 17.0 Å². The number of methoxy groups -OCH3 is 1. The summed E-state index contributed by atoms with van der Waals surface area (Å²) in [5, 5.41) is 0. The maximum Gasteiger partial charge on any atom is 0.319 e. The average molecular weight is 302 g/mol. The summed E-state index contributed by atoms with van der Waals surface area (Å²) >= 11 is 0. The fourth-order valence-corrected chi connectivity index (χ4v) is 2.89. The van der Waals surface area contributed by atoms with Gasteiger partial charge in [0.05, 0.1) is 31.2 Å². The fraction of sp³-hybridized carbons (Fsp3) is 0.500. The highest BCUT2D eigenvalue weighted by molar-refractivity contribution is 5.75. The Bertz CT molecular complexity index is 659. The molecule has 3 rings (SSSR count). The van der Waals surface area contributed by atoms with Crippen LogP contribution in [0.1, 0.15) is 5.82 Å². The molecule has 0 amide bonds. The van der Waals surface area contributed by atoms with E-state index in [2.05, 4.69) is 27.5 Å². The maximum atomic E-state index is 11.3. The van der Waals surface area contributed by atoms with Crippen LogP contribution >= 0.6 is 0 Å². The minimum atomic E-state index is -0.163. The van der Waals surface area contributed by atoms with Crippen molar-refractivity contribution in [2.24, 2.45) is 7.05 Å². The summed E-state index contributed by atoms with van der Waals surface area (Å²) in [5.74, 6) is 0.923. The molecular formula is C16H22N4O2. The van der Waals surface area contributed by atoms with Gasteiger partial charge in [0, 0.05) is 33.2 Å². The first kappa shape index (κ1) is 15.0. The smallest absolute Gasteiger partial charge is 0.319 e. The molecule has 2 heterocycles. The van der Waals surface area contributed by atoms with E-state index in [0.717, 1.165) is 44.1 Å². The van der Waals surface area contributed by atoms with Gasteiger partial charge in [0.15, 0.2) is 0 Å². The summed E-state index contributed by atoms with van der Waals surface area (Å²) in [6.07, 6.45) is 0. The number of nitrogens with zero attached hydrogens (tertiary/aromatic N) is 4.